The number of nitrogens with zero attached hydrogens (tertiary/aromatic N) is 3. The first-order valence-corrected chi connectivity index (χ1v) is 9.82. The molecule has 0 radical (unpaired) electrons. The molecule has 4 rings (SSSR count). The standard InChI is InChI=1S/C20H25BFN3O5/c1-19(2)20(3,4)30-21(29-19)15-7-6-13(10-16(15)22)25-12-14(28-18(25)26)11-24(5)17-8-9-27-23-17/h6-10,14H,11-12H2,1-5H3/t14-/m0/s1. The fourth-order valence-corrected chi connectivity index (χ4v) is 3.47. The van der Waals surface area contributed by atoms with E-state index < -0.39 is 30.2 Å². The van der Waals surface area contributed by atoms with E-state index in [-0.39, 0.29) is 6.10 Å². The SMILES string of the molecule is CN(C[C@H]1CN(c2ccc(B3OC(C)(C)C(C)(C)O3)c(F)c2)C(=O)O1)c1ccon1. The number of amides is 1. The van der Waals surface area contributed by atoms with Gasteiger partial charge in [-0.05, 0) is 39.8 Å². The first kappa shape index (κ1) is 20.7. The molecule has 8 nitrogen and oxygen atoms in total. The molecule has 1 amide bonds. The highest BCUT2D eigenvalue weighted by Gasteiger charge is 2.52. The molecule has 160 valence electrons. The number of halogens is 1. The third-order valence-electron chi connectivity index (χ3n) is 5.97. The van der Waals surface area contributed by atoms with Gasteiger partial charge in [0, 0.05) is 18.6 Å². The lowest BCUT2D eigenvalue weighted by atomic mass is 9.78. The van der Waals surface area contributed by atoms with Crippen LogP contribution >= 0.6 is 0 Å². The van der Waals surface area contributed by atoms with Crippen molar-refractivity contribution in [2.75, 3.05) is 29.9 Å². The highest BCUT2D eigenvalue weighted by Crippen LogP contribution is 2.37. The summed E-state index contributed by atoms with van der Waals surface area (Å²) in [4.78, 5) is 15.6. The molecule has 2 aliphatic rings. The van der Waals surface area contributed by atoms with Crippen LogP contribution in [0.3, 0.4) is 0 Å². The number of benzene rings is 1. The lowest BCUT2D eigenvalue weighted by Gasteiger charge is -2.32. The van der Waals surface area contributed by atoms with Gasteiger partial charge in [-0.25, -0.2) is 9.18 Å². The molecule has 2 saturated heterocycles. The van der Waals surface area contributed by atoms with Gasteiger partial charge in [-0.15, -0.1) is 0 Å². The monoisotopic (exact) mass is 417 g/mol. The topological polar surface area (TPSA) is 77.3 Å². The van der Waals surface area contributed by atoms with E-state index in [1.165, 1.54) is 17.2 Å². The number of likely N-dealkylation sites (N-methyl/N-ethyl adjacent to an activating group) is 1. The fourth-order valence-electron chi connectivity index (χ4n) is 3.47. The number of carbonyl (C=O) groups is 1. The molecule has 1 atom stereocenters. The average molecular weight is 417 g/mol. The molecule has 1 aromatic carbocycles. The summed E-state index contributed by atoms with van der Waals surface area (Å²) in [5.41, 5.74) is -0.411. The van der Waals surface area contributed by atoms with Gasteiger partial charge in [0.15, 0.2) is 5.82 Å². The van der Waals surface area contributed by atoms with Crippen molar-refractivity contribution in [2.24, 2.45) is 0 Å². The third-order valence-corrected chi connectivity index (χ3v) is 5.97. The zero-order valence-corrected chi connectivity index (χ0v) is 17.7. The molecule has 0 bridgehead atoms. The molecule has 0 N–H and O–H groups in total. The number of rotatable bonds is 5. The zero-order chi connectivity index (χ0) is 21.7. The number of carbonyl (C=O) groups excluding carboxylic acids is 1. The van der Waals surface area contributed by atoms with E-state index in [4.69, 9.17) is 18.6 Å². The maximum Gasteiger partial charge on any atom is 0.497 e. The summed E-state index contributed by atoms with van der Waals surface area (Å²) in [6, 6.07) is 6.30. The molecule has 2 fully saturated rings. The smallest absolute Gasteiger partial charge is 0.442 e. The molecule has 0 saturated carbocycles. The summed E-state index contributed by atoms with van der Waals surface area (Å²) < 4.78 is 37.0. The minimum absolute atomic E-state index is 0.298. The highest BCUT2D eigenvalue weighted by molar-refractivity contribution is 6.62. The molecule has 0 aliphatic carbocycles. The zero-order valence-electron chi connectivity index (χ0n) is 17.7. The minimum Gasteiger partial charge on any atom is -0.442 e. The molecule has 30 heavy (non-hydrogen) atoms. The van der Waals surface area contributed by atoms with Crippen LogP contribution in [-0.4, -0.2) is 55.8 Å². The number of hydrogen-bond donors (Lipinski definition) is 0. The van der Waals surface area contributed by atoms with E-state index in [0.717, 1.165) is 0 Å². The number of ether oxygens (including phenoxy) is 1. The van der Waals surface area contributed by atoms with Crippen molar-refractivity contribution < 1.29 is 27.8 Å². The quantitative estimate of drug-likeness (QED) is 0.693. The Labute approximate surface area is 175 Å². The van der Waals surface area contributed by atoms with Crippen LogP contribution in [0, 0.1) is 5.82 Å². The van der Waals surface area contributed by atoms with Gasteiger partial charge in [0.25, 0.3) is 0 Å². The molecule has 3 heterocycles. The van der Waals surface area contributed by atoms with Crippen molar-refractivity contribution in [2.45, 2.75) is 45.0 Å². The van der Waals surface area contributed by atoms with Crippen molar-refractivity contribution in [3.63, 3.8) is 0 Å². The fraction of sp³-hybridized carbons (Fsp3) is 0.500. The van der Waals surface area contributed by atoms with Crippen molar-refractivity contribution in [1.29, 1.82) is 0 Å². The highest BCUT2D eigenvalue weighted by atomic mass is 19.1. The summed E-state index contributed by atoms with van der Waals surface area (Å²) >= 11 is 0. The number of hydrogen-bond acceptors (Lipinski definition) is 7. The maximum absolute atomic E-state index is 14.9. The lowest BCUT2D eigenvalue weighted by Crippen LogP contribution is -2.41. The van der Waals surface area contributed by atoms with Crippen LogP contribution in [0.5, 0.6) is 0 Å². The normalized spacial score (nSPS) is 22.5. The Morgan fingerprint density at radius 3 is 2.53 bits per heavy atom. The molecular weight excluding hydrogens is 392 g/mol. The Morgan fingerprint density at radius 2 is 1.93 bits per heavy atom. The minimum atomic E-state index is -0.807. The van der Waals surface area contributed by atoms with E-state index >= 15 is 0 Å². The van der Waals surface area contributed by atoms with Crippen LogP contribution in [0.2, 0.25) is 0 Å². The van der Waals surface area contributed by atoms with Crippen LogP contribution in [-0.2, 0) is 14.0 Å². The largest absolute Gasteiger partial charge is 0.497 e. The van der Waals surface area contributed by atoms with Gasteiger partial charge in [0.2, 0.25) is 0 Å². The van der Waals surface area contributed by atoms with Crippen LogP contribution in [0.15, 0.2) is 35.1 Å². The summed E-state index contributed by atoms with van der Waals surface area (Å²) in [6.07, 6.45) is 0.574. The second-order valence-corrected chi connectivity index (χ2v) is 8.65. The van der Waals surface area contributed by atoms with Gasteiger partial charge in [-0.1, -0.05) is 11.2 Å². The van der Waals surface area contributed by atoms with E-state index in [0.29, 0.717) is 30.1 Å². The molecule has 10 heteroatoms. The summed E-state index contributed by atoms with van der Waals surface area (Å²) in [5.74, 6) is 0.143. The van der Waals surface area contributed by atoms with E-state index in [2.05, 4.69) is 5.16 Å². The molecule has 0 unspecified atom stereocenters. The van der Waals surface area contributed by atoms with Gasteiger partial charge < -0.3 is 23.5 Å². The second-order valence-electron chi connectivity index (χ2n) is 8.65. The van der Waals surface area contributed by atoms with Crippen molar-refractivity contribution in [1.82, 2.24) is 5.16 Å². The first-order chi connectivity index (χ1) is 14.1. The Balaban J connectivity index is 1.46. The van der Waals surface area contributed by atoms with Crippen molar-refractivity contribution in [3.05, 3.63) is 36.3 Å². The third kappa shape index (κ3) is 3.65. The van der Waals surface area contributed by atoms with E-state index in [1.807, 2.05) is 39.6 Å². The van der Waals surface area contributed by atoms with Crippen LogP contribution in [0.25, 0.3) is 0 Å². The average Bonchev–Trinajstić information content (AvgIpc) is 3.34. The van der Waals surface area contributed by atoms with Crippen molar-refractivity contribution in [3.8, 4) is 0 Å². The van der Waals surface area contributed by atoms with Gasteiger partial charge in [0.1, 0.15) is 18.2 Å². The summed E-state index contributed by atoms with van der Waals surface area (Å²) in [7, 11) is 1.02. The molecule has 0 spiro atoms. The first-order valence-electron chi connectivity index (χ1n) is 9.82. The Hall–Kier alpha value is -2.59. The summed E-state index contributed by atoms with van der Waals surface area (Å²) in [6.45, 7) is 8.39. The van der Waals surface area contributed by atoms with E-state index in [1.54, 1.807) is 18.2 Å². The predicted molar refractivity (Wildman–Crippen MR) is 110 cm³/mol. The van der Waals surface area contributed by atoms with E-state index in [9.17, 15) is 9.18 Å². The number of cyclic esters (lactones) is 1. The lowest BCUT2D eigenvalue weighted by molar-refractivity contribution is 0.00578. The predicted octanol–water partition coefficient (Wildman–Crippen LogP) is 2.57. The van der Waals surface area contributed by atoms with Gasteiger partial charge in [-0.2, -0.15) is 0 Å². The molecular formula is C20H25BFN3O5. The molecule has 1 aromatic heterocycles. The number of anilines is 2. The van der Waals surface area contributed by atoms with Crippen LogP contribution < -0.4 is 15.3 Å². The number of aromatic nitrogens is 1. The molecule has 2 aromatic rings. The van der Waals surface area contributed by atoms with Gasteiger partial charge in [0.05, 0.1) is 30.0 Å². The van der Waals surface area contributed by atoms with Crippen LogP contribution in [0.1, 0.15) is 27.7 Å². The second kappa shape index (κ2) is 7.28. The van der Waals surface area contributed by atoms with Crippen molar-refractivity contribution >= 4 is 30.2 Å². The Bertz CT molecular complexity index is 921. The summed E-state index contributed by atoms with van der Waals surface area (Å²) in [5, 5.41) is 3.86. The van der Waals surface area contributed by atoms with Crippen LogP contribution in [0.4, 0.5) is 20.7 Å². The molecule has 2 aliphatic heterocycles. The Morgan fingerprint density at radius 1 is 1.23 bits per heavy atom. The maximum atomic E-state index is 14.9. The Kier molecular flexibility index (Phi) is 5.02. The van der Waals surface area contributed by atoms with Gasteiger partial charge in [-0.3, -0.25) is 4.90 Å². The van der Waals surface area contributed by atoms with Gasteiger partial charge >= 0.3 is 13.2 Å².